The van der Waals surface area contributed by atoms with E-state index >= 15 is 0 Å². The normalized spacial score (nSPS) is 36.7. The van der Waals surface area contributed by atoms with Gasteiger partial charge in [-0.2, -0.15) is 4.31 Å². The van der Waals surface area contributed by atoms with Crippen LogP contribution in [-0.2, 0) is 24.3 Å². The Morgan fingerprint density at radius 1 is 1.19 bits per heavy atom. The second-order valence-corrected chi connectivity index (χ2v) is 12.2. The molecule has 0 aromatic heterocycles. The molecule has 1 saturated heterocycles. The highest BCUT2D eigenvalue weighted by atomic mass is 35.5. The minimum absolute atomic E-state index is 0.0185. The minimum atomic E-state index is -3.78. The van der Waals surface area contributed by atoms with Crippen molar-refractivity contribution in [1.29, 1.82) is 0 Å². The van der Waals surface area contributed by atoms with Crippen molar-refractivity contribution in [3.8, 4) is 0 Å². The average molecular weight is 482 g/mol. The van der Waals surface area contributed by atoms with Gasteiger partial charge in [-0.3, -0.25) is 9.59 Å². The predicted molar refractivity (Wildman–Crippen MR) is 117 cm³/mol. The van der Waals surface area contributed by atoms with E-state index in [1.165, 1.54) is 16.4 Å². The maximum atomic E-state index is 13.1. The molecule has 0 radical (unpaired) electrons. The maximum absolute atomic E-state index is 13.1. The molecule has 3 N–H and O–H groups in total. The molecule has 3 atom stereocenters. The molecule has 4 bridgehead atoms. The van der Waals surface area contributed by atoms with Gasteiger partial charge in [-0.1, -0.05) is 17.7 Å². The van der Waals surface area contributed by atoms with Crippen LogP contribution in [0, 0.1) is 23.2 Å². The molecule has 5 aliphatic rings. The fourth-order valence-electron chi connectivity index (χ4n) is 6.60. The molecule has 3 unspecified atom stereocenters. The molecule has 6 rings (SSSR count). The molecular weight excluding hydrogens is 454 g/mol. The zero-order chi connectivity index (χ0) is 22.7. The fraction of sp³-hybridized carbons (Fsp3) is 0.636. The Morgan fingerprint density at radius 2 is 1.91 bits per heavy atom. The molecule has 1 heterocycles. The number of halogens is 1. The van der Waals surface area contributed by atoms with Crippen molar-refractivity contribution in [2.24, 2.45) is 28.9 Å². The Kier molecular flexibility index (Phi) is 5.51. The number of nitrogens with one attached hydrogen (secondary N) is 1. The molecule has 1 aromatic rings. The average Bonchev–Trinajstić information content (AvgIpc) is 2.75. The lowest BCUT2D eigenvalue weighted by Crippen LogP contribution is -2.63. The fourth-order valence-corrected chi connectivity index (χ4v) is 8.32. The minimum Gasteiger partial charge on any atom is -0.369 e. The summed E-state index contributed by atoms with van der Waals surface area (Å²) in [5, 5.41) is 3.49. The number of carbonyl (C=O) groups excluding carboxylic acids is 2. The first-order chi connectivity index (χ1) is 15.2. The van der Waals surface area contributed by atoms with Gasteiger partial charge in [-0.05, 0) is 68.1 Å². The molecule has 32 heavy (non-hydrogen) atoms. The number of sulfonamides is 1. The number of hydrogen-bond acceptors (Lipinski definition) is 5. The highest BCUT2D eigenvalue weighted by molar-refractivity contribution is 7.89. The van der Waals surface area contributed by atoms with Crippen LogP contribution in [0.4, 0.5) is 0 Å². The van der Waals surface area contributed by atoms with Gasteiger partial charge >= 0.3 is 0 Å². The van der Waals surface area contributed by atoms with Crippen molar-refractivity contribution in [1.82, 2.24) is 9.62 Å². The summed E-state index contributed by atoms with van der Waals surface area (Å²) in [6.45, 7) is 0.273. The Bertz CT molecular complexity index is 1030. The van der Waals surface area contributed by atoms with Gasteiger partial charge in [0, 0.05) is 29.6 Å². The number of hydrogen-bond donors (Lipinski definition) is 2. The zero-order valence-corrected chi connectivity index (χ0v) is 19.3. The Labute approximate surface area is 192 Å². The molecule has 5 fully saturated rings. The number of morpholine rings is 1. The standard InChI is InChI=1S/C22H28ClN3O5S/c23-16-2-1-3-17(8-16)32(29,30)26-4-5-31-18(12-26)20(27)25-19-14-6-13-7-15(19)11-22(9-13,10-14)21(24)28/h1-3,8,13-15,18-19H,4-7,9-12H2,(H2,24,28)(H,25,27). The lowest BCUT2D eigenvalue weighted by atomic mass is 9.47. The second-order valence-electron chi connectivity index (χ2n) is 9.83. The summed E-state index contributed by atoms with van der Waals surface area (Å²) in [5.41, 5.74) is 5.34. The van der Waals surface area contributed by atoms with Crippen molar-refractivity contribution in [3.05, 3.63) is 29.3 Å². The molecule has 0 spiro atoms. The summed E-state index contributed by atoms with van der Waals surface area (Å²) >= 11 is 5.97. The maximum Gasteiger partial charge on any atom is 0.250 e. The van der Waals surface area contributed by atoms with Crippen LogP contribution in [0.2, 0.25) is 5.02 Å². The van der Waals surface area contributed by atoms with Crippen LogP contribution in [0.3, 0.4) is 0 Å². The van der Waals surface area contributed by atoms with Crippen molar-refractivity contribution in [3.63, 3.8) is 0 Å². The summed E-state index contributed by atoms with van der Waals surface area (Å²) in [4.78, 5) is 25.3. The van der Waals surface area contributed by atoms with E-state index in [-0.39, 0.29) is 54.3 Å². The summed E-state index contributed by atoms with van der Waals surface area (Å²) in [7, 11) is -3.78. The zero-order valence-electron chi connectivity index (χ0n) is 17.7. The SMILES string of the molecule is NC(=O)C12CC3CC(C1)C(NC(=O)C1CN(S(=O)(=O)c4cccc(Cl)c4)CCO1)C(C3)C2. The molecule has 174 valence electrons. The first-order valence-electron chi connectivity index (χ1n) is 11.2. The van der Waals surface area contributed by atoms with Gasteiger partial charge in [0.15, 0.2) is 0 Å². The lowest BCUT2D eigenvalue weighted by Gasteiger charge is -2.59. The van der Waals surface area contributed by atoms with Crippen molar-refractivity contribution >= 4 is 33.4 Å². The van der Waals surface area contributed by atoms with E-state index in [2.05, 4.69) is 5.32 Å². The third-order valence-electron chi connectivity index (χ3n) is 7.86. The quantitative estimate of drug-likeness (QED) is 0.661. The molecule has 4 saturated carbocycles. The third kappa shape index (κ3) is 3.73. The molecule has 4 aliphatic carbocycles. The van der Waals surface area contributed by atoms with Crippen LogP contribution in [-0.4, -0.2) is 56.4 Å². The van der Waals surface area contributed by atoms with Crippen LogP contribution < -0.4 is 11.1 Å². The molecule has 1 aromatic carbocycles. The van der Waals surface area contributed by atoms with Crippen LogP contribution in [0.25, 0.3) is 0 Å². The molecular formula is C22H28ClN3O5S. The second kappa shape index (κ2) is 7.97. The Hall–Kier alpha value is -1.68. The van der Waals surface area contributed by atoms with Gasteiger partial charge in [0.25, 0.3) is 5.91 Å². The number of nitrogens with zero attached hydrogens (tertiary/aromatic N) is 1. The van der Waals surface area contributed by atoms with E-state index in [1.807, 2.05) is 0 Å². The number of rotatable bonds is 5. The highest BCUT2D eigenvalue weighted by Gasteiger charge is 2.58. The van der Waals surface area contributed by atoms with Crippen LogP contribution in [0.15, 0.2) is 29.2 Å². The lowest BCUT2D eigenvalue weighted by molar-refractivity contribution is -0.150. The largest absolute Gasteiger partial charge is 0.369 e. The summed E-state index contributed by atoms with van der Waals surface area (Å²) in [5.74, 6) is 0.457. The van der Waals surface area contributed by atoms with Gasteiger partial charge < -0.3 is 15.8 Å². The van der Waals surface area contributed by atoms with Crippen molar-refractivity contribution in [2.75, 3.05) is 19.7 Å². The van der Waals surface area contributed by atoms with Gasteiger partial charge in [-0.25, -0.2) is 8.42 Å². The molecule has 2 amide bonds. The van der Waals surface area contributed by atoms with Crippen molar-refractivity contribution < 1.29 is 22.7 Å². The number of benzene rings is 1. The van der Waals surface area contributed by atoms with E-state index in [4.69, 9.17) is 22.1 Å². The number of nitrogens with two attached hydrogens (primary N) is 1. The van der Waals surface area contributed by atoms with E-state index < -0.39 is 21.5 Å². The predicted octanol–water partition coefficient (Wildman–Crippen LogP) is 1.53. The summed E-state index contributed by atoms with van der Waals surface area (Å²) < 4.78 is 33.0. The van der Waals surface area contributed by atoms with Crippen LogP contribution in [0.1, 0.15) is 32.1 Å². The smallest absolute Gasteiger partial charge is 0.250 e. The number of amides is 2. The molecule has 8 nitrogen and oxygen atoms in total. The topological polar surface area (TPSA) is 119 Å². The summed E-state index contributed by atoms with van der Waals surface area (Å²) in [6, 6.07) is 6.09. The van der Waals surface area contributed by atoms with Gasteiger partial charge in [0.2, 0.25) is 15.9 Å². The first-order valence-corrected chi connectivity index (χ1v) is 13.0. The van der Waals surface area contributed by atoms with E-state index in [9.17, 15) is 18.0 Å². The van der Waals surface area contributed by atoms with E-state index in [0.717, 1.165) is 32.1 Å². The number of ether oxygens (including phenoxy) is 1. The molecule has 10 heteroatoms. The van der Waals surface area contributed by atoms with Gasteiger partial charge in [0.05, 0.1) is 11.5 Å². The van der Waals surface area contributed by atoms with E-state index in [0.29, 0.717) is 10.9 Å². The van der Waals surface area contributed by atoms with Gasteiger partial charge in [0.1, 0.15) is 6.10 Å². The van der Waals surface area contributed by atoms with Crippen LogP contribution >= 0.6 is 11.6 Å². The molecule has 1 aliphatic heterocycles. The third-order valence-corrected chi connectivity index (χ3v) is 9.96. The first kappa shape index (κ1) is 22.1. The summed E-state index contributed by atoms with van der Waals surface area (Å²) in [6.07, 6.45) is 3.44. The Balaban J connectivity index is 1.27. The van der Waals surface area contributed by atoms with Crippen LogP contribution in [0.5, 0.6) is 0 Å². The van der Waals surface area contributed by atoms with Gasteiger partial charge in [-0.15, -0.1) is 0 Å². The number of primary amides is 1. The Morgan fingerprint density at radius 3 is 2.56 bits per heavy atom. The number of carbonyl (C=O) groups is 2. The monoisotopic (exact) mass is 481 g/mol. The van der Waals surface area contributed by atoms with E-state index in [1.54, 1.807) is 12.1 Å². The van der Waals surface area contributed by atoms with Crippen molar-refractivity contribution in [2.45, 2.75) is 49.1 Å². The highest BCUT2D eigenvalue weighted by Crippen LogP contribution is 2.59.